The molecule has 0 atom stereocenters. The molecule has 1 aliphatic heterocycles. The minimum absolute atomic E-state index is 0.0253. The number of sulfonamides is 1. The summed E-state index contributed by atoms with van der Waals surface area (Å²) in [6.07, 6.45) is 1.43. The molecule has 0 aromatic heterocycles. The number of rotatable bonds is 11. The summed E-state index contributed by atoms with van der Waals surface area (Å²) in [5, 5.41) is 15.8. The van der Waals surface area contributed by atoms with Crippen LogP contribution in [0.25, 0.3) is 0 Å². The second kappa shape index (κ2) is 13.2. The number of nitro groups is 1. The Hall–Kier alpha value is -4.53. The molecule has 0 amide bonds. The summed E-state index contributed by atoms with van der Waals surface area (Å²) < 4.78 is 48.2. The first-order chi connectivity index (χ1) is 19.7. The molecule has 0 unspecified atom stereocenters. The maximum atomic E-state index is 12.9. The molecule has 216 valence electrons. The van der Waals surface area contributed by atoms with Crippen molar-refractivity contribution in [2.45, 2.75) is 11.5 Å². The Labute approximate surface area is 236 Å². The number of hydrogen-bond donors (Lipinski definition) is 1. The summed E-state index contributed by atoms with van der Waals surface area (Å²) in [6, 6.07) is 15.5. The fourth-order valence-corrected chi connectivity index (χ4v) is 5.36. The van der Waals surface area contributed by atoms with E-state index in [1.54, 1.807) is 42.5 Å². The first-order valence-electron chi connectivity index (χ1n) is 12.4. The van der Waals surface area contributed by atoms with Gasteiger partial charge in [0, 0.05) is 19.2 Å². The van der Waals surface area contributed by atoms with Gasteiger partial charge >= 0.3 is 5.97 Å². The van der Waals surface area contributed by atoms with Gasteiger partial charge in [-0.25, -0.2) is 13.2 Å². The first-order valence-corrected chi connectivity index (χ1v) is 13.8. The molecule has 0 saturated carbocycles. The van der Waals surface area contributed by atoms with Gasteiger partial charge < -0.3 is 18.9 Å². The fraction of sp³-hybridized carbons (Fsp3) is 0.259. The van der Waals surface area contributed by atoms with Crippen LogP contribution < -0.4 is 14.9 Å². The van der Waals surface area contributed by atoms with Crippen molar-refractivity contribution in [1.82, 2.24) is 4.31 Å². The minimum atomic E-state index is -3.90. The molecular weight excluding hydrogens is 556 g/mol. The van der Waals surface area contributed by atoms with Gasteiger partial charge in [-0.05, 0) is 53.6 Å². The summed E-state index contributed by atoms with van der Waals surface area (Å²) >= 11 is 0. The molecule has 4 rings (SSSR count). The van der Waals surface area contributed by atoms with Crippen molar-refractivity contribution in [3.05, 3.63) is 87.5 Å². The quantitative estimate of drug-likeness (QED) is 0.153. The standard InChI is InChI=1S/C27H28N4O9S/c1-37-26-15-20(5-10-25(26)40-18-19-3-6-21(7-4-19)27(32)38-2)17-28-29-23-9-8-22(16-24(23)31(33)34)41(35,36)30-11-13-39-14-12-30/h3-10,15-17,29H,11-14,18H2,1-2H3/b28-17-. The lowest BCUT2D eigenvalue weighted by Crippen LogP contribution is -2.40. The van der Waals surface area contributed by atoms with Crippen LogP contribution in [-0.4, -0.2) is 70.4 Å². The van der Waals surface area contributed by atoms with Crippen molar-refractivity contribution in [3.63, 3.8) is 0 Å². The predicted octanol–water partition coefficient (Wildman–Crippen LogP) is 3.44. The van der Waals surface area contributed by atoms with Crippen molar-refractivity contribution in [1.29, 1.82) is 0 Å². The van der Waals surface area contributed by atoms with Gasteiger partial charge in [0.25, 0.3) is 5.69 Å². The molecule has 1 saturated heterocycles. The van der Waals surface area contributed by atoms with Crippen molar-refractivity contribution in [3.8, 4) is 11.5 Å². The van der Waals surface area contributed by atoms with E-state index < -0.39 is 26.6 Å². The molecule has 1 N–H and O–H groups in total. The number of nitrogens with one attached hydrogen (secondary N) is 1. The number of hydrogen-bond acceptors (Lipinski definition) is 11. The van der Waals surface area contributed by atoms with E-state index in [9.17, 15) is 23.3 Å². The predicted molar refractivity (Wildman–Crippen MR) is 149 cm³/mol. The zero-order chi connectivity index (χ0) is 29.4. The molecule has 1 heterocycles. The molecule has 0 radical (unpaired) electrons. The maximum absolute atomic E-state index is 12.9. The Morgan fingerprint density at radius 1 is 1.07 bits per heavy atom. The van der Waals surface area contributed by atoms with Gasteiger partial charge in [-0.3, -0.25) is 15.5 Å². The van der Waals surface area contributed by atoms with Gasteiger partial charge in [0.2, 0.25) is 10.0 Å². The van der Waals surface area contributed by atoms with Gasteiger partial charge in [-0.15, -0.1) is 0 Å². The van der Waals surface area contributed by atoms with E-state index >= 15 is 0 Å². The number of benzene rings is 3. The largest absolute Gasteiger partial charge is 0.493 e. The van der Waals surface area contributed by atoms with E-state index in [1.165, 1.54) is 36.9 Å². The lowest BCUT2D eigenvalue weighted by atomic mass is 10.1. The van der Waals surface area contributed by atoms with Gasteiger partial charge in [0.15, 0.2) is 11.5 Å². The molecule has 14 heteroatoms. The van der Waals surface area contributed by atoms with Crippen LogP contribution in [0.3, 0.4) is 0 Å². The molecular formula is C27H28N4O9S. The van der Waals surface area contributed by atoms with Crippen LogP contribution in [0.4, 0.5) is 11.4 Å². The van der Waals surface area contributed by atoms with Gasteiger partial charge in [-0.2, -0.15) is 9.41 Å². The van der Waals surface area contributed by atoms with Crippen molar-refractivity contribution in [2.24, 2.45) is 5.10 Å². The summed E-state index contributed by atoms with van der Waals surface area (Å²) in [4.78, 5) is 22.4. The van der Waals surface area contributed by atoms with Crippen LogP contribution in [0, 0.1) is 10.1 Å². The normalized spacial score (nSPS) is 14.0. The highest BCUT2D eigenvalue weighted by Crippen LogP contribution is 2.30. The van der Waals surface area contributed by atoms with Crippen molar-refractivity contribution < 1.29 is 37.1 Å². The Morgan fingerprint density at radius 2 is 1.80 bits per heavy atom. The average molecular weight is 585 g/mol. The lowest BCUT2D eigenvalue weighted by Gasteiger charge is -2.26. The SMILES string of the molecule is COC(=O)c1ccc(COc2ccc(/C=N\Nc3ccc(S(=O)(=O)N4CCOCC4)cc3[N+](=O)[O-])cc2OC)cc1. The summed E-state index contributed by atoms with van der Waals surface area (Å²) in [5.41, 5.74) is 4.08. The second-order valence-corrected chi connectivity index (χ2v) is 10.6. The van der Waals surface area contributed by atoms with E-state index in [4.69, 9.17) is 18.9 Å². The number of carbonyl (C=O) groups excluding carboxylic acids is 1. The Bertz CT molecular complexity index is 1540. The number of carbonyl (C=O) groups is 1. The van der Waals surface area contributed by atoms with Crippen LogP contribution in [0.5, 0.6) is 11.5 Å². The molecule has 0 aliphatic carbocycles. The van der Waals surface area contributed by atoms with Gasteiger partial charge in [0.05, 0.1) is 49.0 Å². The average Bonchev–Trinajstić information content (AvgIpc) is 3.00. The van der Waals surface area contributed by atoms with Crippen LogP contribution in [0.15, 0.2) is 70.7 Å². The van der Waals surface area contributed by atoms with Gasteiger partial charge in [-0.1, -0.05) is 12.1 Å². The second-order valence-electron chi connectivity index (χ2n) is 8.71. The number of ether oxygens (including phenoxy) is 4. The minimum Gasteiger partial charge on any atom is -0.493 e. The third-order valence-electron chi connectivity index (χ3n) is 6.13. The fourth-order valence-electron chi connectivity index (χ4n) is 3.93. The molecule has 1 fully saturated rings. The number of methoxy groups -OCH3 is 2. The Balaban J connectivity index is 1.43. The Morgan fingerprint density at radius 3 is 2.46 bits per heavy atom. The van der Waals surface area contributed by atoms with E-state index in [-0.39, 0.29) is 43.5 Å². The maximum Gasteiger partial charge on any atom is 0.337 e. The highest BCUT2D eigenvalue weighted by atomic mass is 32.2. The number of esters is 1. The summed E-state index contributed by atoms with van der Waals surface area (Å²) in [7, 11) is -1.09. The van der Waals surface area contributed by atoms with Crippen molar-refractivity contribution >= 4 is 33.6 Å². The first kappa shape index (κ1) is 29.5. The van der Waals surface area contributed by atoms with Gasteiger partial charge in [0.1, 0.15) is 12.3 Å². The number of nitrogens with zero attached hydrogens (tertiary/aromatic N) is 3. The summed E-state index contributed by atoms with van der Waals surface area (Å²) in [6.45, 7) is 1.11. The topological polar surface area (TPSA) is 159 Å². The monoisotopic (exact) mass is 584 g/mol. The van der Waals surface area contributed by atoms with Crippen molar-refractivity contribution in [2.75, 3.05) is 45.9 Å². The van der Waals surface area contributed by atoms with E-state index in [1.807, 2.05) is 0 Å². The summed E-state index contributed by atoms with van der Waals surface area (Å²) in [5.74, 6) is 0.486. The van der Waals surface area contributed by atoms with Crippen LogP contribution in [0.2, 0.25) is 0 Å². The third kappa shape index (κ3) is 7.16. The molecule has 13 nitrogen and oxygen atoms in total. The smallest absolute Gasteiger partial charge is 0.337 e. The zero-order valence-corrected chi connectivity index (χ0v) is 23.1. The molecule has 41 heavy (non-hydrogen) atoms. The van der Waals surface area contributed by atoms with E-state index in [2.05, 4.69) is 10.5 Å². The highest BCUT2D eigenvalue weighted by molar-refractivity contribution is 7.89. The molecule has 1 aliphatic rings. The Kier molecular flexibility index (Phi) is 9.49. The highest BCUT2D eigenvalue weighted by Gasteiger charge is 2.28. The number of morpholine rings is 1. The van der Waals surface area contributed by atoms with E-state index in [0.717, 1.165) is 11.6 Å². The zero-order valence-electron chi connectivity index (χ0n) is 22.3. The van der Waals surface area contributed by atoms with Crippen LogP contribution in [-0.2, 0) is 26.1 Å². The van der Waals surface area contributed by atoms with E-state index in [0.29, 0.717) is 22.6 Å². The van der Waals surface area contributed by atoms with Crippen LogP contribution >= 0.6 is 0 Å². The molecule has 0 bridgehead atoms. The lowest BCUT2D eigenvalue weighted by molar-refractivity contribution is -0.384. The van der Waals surface area contributed by atoms with Crippen LogP contribution in [0.1, 0.15) is 21.5 Å². The molecule has 3 aromatic rings. The number of nitro benzene ring substituents is 1. The molecule has 0 spiro atoms. The third-order valence-corrected chi connectivity index (χ3v) is 8.02. The number of anilines is 1. The molecule has 3 aromatic carbocycles. The number of hydrazone groups is 1.